The van der Waals surface area contributed by atoms with Crippen molar-refractivity contribution in [2.45, 2.75) is 31.3 Å². The first-order chi connectivity index (χ1) is 10.4. The molecule has 1 aromatic heterocycles. The molecule has 0 amide bonds. The zero-order valence-corrected chi connectivity index (χ0v) is 12.6. The fraction of sp³-hybridized carbons (Fsp3) is 0.571. The Bertz CT molecular complexity index is 556. The van der Waals surface area contributed by atoms with Crippen molar-refractivity contribution in [3.05, 3.63) is 22.8 Å². The maximum absolute atomic E-state index is 13.2. The van der Waals surface area contributed by atoms with Crippen LogP contribution in [0.5, 0.6) is 5.88 Å². The Hall–Kier alpha value is -1.50. The molecule has 1 aromatic rings. The van der Waals surface area contributed by atoms with Gasteiger partial charge in [0.25, 0.3) is 0 Å². The molecule has 0 bridgehead atoms. The molecule has 0 aromatic carbocycles. The van der Waals surface area contributed by atoms with Crippen molar-refractivity contribution >= 4 is 17.6 Å². The average molecular weight is 338 g/mol. The van der Waals surface area contributed by atoms with Crippen LogP contribution >= 0.6 is 11.6 Å². The van der Waals surface area contributed by atoms with Crippen molar-refractivity contribution in [3.8, 4) is 5.88 Å². The lowest BCUT2D eigenvalue weighted by molar-refractivity contribution is -0.147. The van der Waals surface area contributed by atoms with Crippen LogP contribution < -0.4 is 4.74 Å². The van der Waals surface area contributed by atoms with Crippen molar-refractivity contribution < 1.29 is 27.4 Å². The third kappa shape index (κ3) is 3.45. The lowest BCUT2D eigenvalue weighted by Gasteiger charge is -2.20. The van der Waals surface area contributed by atoms with Crippen LogP contribution in [-0.2, 0) is 15.5 Å². The van der Waals surface area contributed by atoms with Gasteiger partial charge in [0.1, 0.15) is 11.1 Å². The molecular weight excluding hydrogens is 323 g/mol. The van der Waals surface area contributed by atoms with Crippen molar-refractivity contribution in [3.63, 3.8) is 0 Å². The summed E-state index contributed by atoms with van der Waals surface area (Å²) >= 11 is 5.87. The zero-order chi connectivity index (χ0) is 16.3. The number of rotatable bonds is 5. The third-order valence-corrected chi connectivity index (χ3v) is 3.89. The summed E-state index contributed by atoms with van der Waals surface area (Å²) in [5.74, 6) is -4.52. The van der Waals surface area contributed by atoms with Gasteiger partial charge in [0.2, 0.25) is 5.88 Å². The molecule has 0 saturated heterocycles. The van der Waals surface area contributed by atoms with E-state index >= 15 is 0 Å². The van der Waals surface area contributed by atoms with Crippen LogP contribution in [0.2, 0.25) is 5.02 Å². The van der Waals surface area contributed by atoms with Gasteiger partial charge in [-0.2, -0.15) is 8.78 Å². The van der Waals surface area contributed by atoms with Crippen molar-refractivity contribution in [1.82, 2.24) is 4.98 Å². The fourth-order valence-electron chi connectivity index (χ4n) is 2.42. The van der Waals surface area contributed by atoms with Crippen LogP contribution in [0.4, 0.5) is 13.2 Å². The molecule has 8 heteroatoms. The number of esters is 1. The van der Waals surface area contributed by atoms with E-state index in [2.05, 4.69) is 4.98 Å². The van der Waals surface area contributed by atoms with E-state index in [0.29, 0.717) is 12.8 Å². The van der Waals surface area contributed by atoms with Crippen LogP contribution in [0.1, 0.15) is 24.8 Å². The molecular formula is C14H15ClF3NO3. The minimum atomic E-state index is -3.64. The molecule has 0 unspecified atom stereocenters. The molecule has 2 rings (SSSR count). The summed E-state index contributed by atoms with van der Waals surface area (Å²) in [5.41, 5.74) is -0.622. The Morgan fingerprint density at radius 3 is 2.82 bits per heavy atom. The third-order valence-electron chi connectivity index (χ3n) is 3.62. The highest BCUT2D eigenvalue weighted by atomic mass is 35.5. The second kappa shape index (κ2) is 6.73. The molecule has 2 atom stereocenters. The predicted octanol–water partition coefficient (Wildman–Crippen LogP) is 3.52. The number of aromatic nitrogens is 1. The Morgan fingerprint density at radius 1 is 1.50 bits per heavy atom. The molecule has 1 aliphatic rings. The van der Waals surface area contributed by atoms with E-state index in [9.17, 15) is 18.0 Å². The van der Waals surface area contributed by atoms with Gasteiger partial charge in [0.15, 0.2) is 6.67 Å². The Labute approximate surface area is 130 Å². The number of methoxy groups -OCH3 is 1. The molecule has 0 spiro atoms. The maximum atomic E-state index is 13.2. The number of carbonyl (C=O) groups excluding carboxylic acids is 1. The van der Waals surface area contributed by atoms with Crippen molar-refractivity contribution in [2.24, 2.45) is 5.92 Å². The lowest BCUT2D eigenvalue weighted by atomic mass is 10.1. The number of nitrogens with zero attached hydrogens (tertiary/aromatic N) is 1. The van der Waals surface area contributed by atoms with Gasteiger partial charge in [-0.15, -0.1) is 0 Å². The summed E-state index contributed by atoms with van der Waals surface area (Å²) in [6.45, 7) is -1.84. The largest absolute Gasteiger partial charge is 0.472 e. The molecule has 4 nitrogen and oxygen atoms in total. The second-order valence-electron chi connectivity index (χ2n) is 5.07. The highest BCUT2D eigenvalue weighted by Crippen LogP contribution is 2.35. The zero-order valence-electron chi connectivity index (χ0n) is 11.8. The predicted molar refractivity (Wildman–Crippen MR) is 72.9 cm³/mol. The molecule has 122 valence electrons. The van der Waals surface area contributed by atoms with E-state index in [1.807, 2.05) is 0 Å². The molecule has 1 saturated carbocycles. The van der Waals surface area contributed by atoms with Crippen LogP contribution in [0.15, 0.2) is 12.3 Å². The summed E-state index contributed by atoms with van der Waals surface area (Å²) in [6.07, 6.45) is 2.36. The Morgan fingerprint density at radius 2 is 2.23 bits per heavy atom. The molecule has 0 N–H and O–H groups in total. The standard InChI is InChI=1S/C14H15ClF3NO3/c1-21-13(20)9-3-2-4-11(9)22-12-10(15)5-8(6-19-12)14(17,18)7-16/h5-6,9,11H,2-4,7H2,1H3/t9-,11+/m1/s1. The van der Waals surface area contributed by atoms with E-state index in [1.165, 1.54) is 7.11 Å². The average Bonchev–Trinajstić information content (AvgIpc) is 2.96. The van der Waals surface area contributed by atoms with Gasteiger partial charge in [0, 0.05) is 11.8 Å². The Kier molecular flexibility index (Phi) is 5.16. The number of ether oxygens (including phenoxy) is 2. The van der Waals surface area contributed by atoms with Gasteiger partial charge in [-0.05, 0) is 25.3 Å². The van der Waals surface area contributed by atoms with E-state index in [0.717, 1.165) is 18.7 Å². The summed E-state index contributed by atoms with van der Waals surface area (Å²) in [5, 5.41) is -0.152. The topological polar surface area (TPSA) is 48.4 Å². The number of halogens is 4. The number of hydrogen-bond donors (Lipinski definition) is 0. The number of pyridine rings is 1. The number of alkyl halides is 3. The molecule has 1 heterocycles. The maximum Gasteiger partial charge on any atom is 0.312 e. The highest BCUT2D eigenvalue weighted by Gasteiger charge is 2.37. The van der Waals surface area contributed by atoms with Gasteiger partial charge < -0.3 is 9.47 Å². The number of hydrogen-bond acceptors (Lipinski definition) is 4. The first kappa shape index (κ1) is 16.9. The monoisotopic (exact) mass is 337 g/mol. The van der Waals surface area contributed by atoms with Gasteiger partial charge in [-0.3, -0.25) is 4.79 Å². The molecule has 1 aliphatic carbocycles. The van der Waals surface area contributed by atoms with Crippen molar-refractivity contribution in [1.29, 1.82) is 0 Å². The van der Waals surface area contributed by atoms with E-state index in [-0.39, 0.29) is 16.9 Å². The summed E-state index contributed by atoms with van der Waals surface area (Å²) in [7, 11) is 1.29. The van der Waals surface area contributed by atoms with Crippen molar-refractivity contribution in [2.75, 3.05) is 13.8 Å². The summed E-state index contributed by atoms with van der Waals surface area (Å²) in [6, 6.07) is 0.922. The molecule has 1 fully saturated rings. The van der Waals surface area contributed by atoms with E-state index < -0.39 is 30.2 Å². The van der Waals surface area contributed by atoms with Gasteiger partial charge >= 0.3 is 11.9 Å². The first-order valence-corrected chi connectivity index (χ1v) is 7.11. The molecule has 22 heavy (non-hydrogen) atoms. The first-order valence-electron chi connectivity index (χ1n) is 6.73. The van der Waals surface area contributed by atoms with E-state index in [1.54, 1.807) is 0 Å². The Balaban J connectivity index is 2.15. The minimum absolute atomic E-state index is 0.0547. The van der Waals surface area contributed by atoms with Crippen LogP contribution in [0.3, 0.4) is 0 Å². The quantitative estimate of drug-likeness (QED) is 0.771. The van der Waals surface area contributed by atoms with Crippen LogP contribution in [0.25, 0.3) is 0 Å². The minimum Gasteiger partial charge on any atom is -0.472 e. The second-order valence-corrected chi connectivity index (χ2v) is 5.47. The van der Waals surface area contributed by atoms with Crippen LogP contribution in [0, 0.1) is 5.92 Å². The molecule has 0 radical (unpaired) electrons. The normalized spacial score (nSPS) is 21.7. The van der Waals surface area contributed by atoms with Gasteiger partial charge in [-0.1, -0.05) is 11.6 Å². The van der Waals surface area contributed by atoms with E-state index in [4.69, 9.17) is 21.1 Å². The smallest absolute Gasteiger partial charge is 0.312 e. The molecule has 0 aliphatic heterocycles. The van der Waals surface area contributed by atoms with Crippen LogP contribution in [-0.4, -0.2) is 30.8 Å². The highest BCUT2D eigenvalue weighted by molar-refractivity contribution is 6.31. The number of carbonyl (C=O) groups is 1. The summed E-state index contributed by atoms with van der Waals surface area (Å²) in [4.78, 5) is 15.4. The summed E-state index contributed by atoms with van der Waals surface area (Å²) < 4.78 is 49.0. The lowest BCUT2D eigenvalue weighted by Crippen LogP contribution is -2.29. The van der Waals surface area contributed by atoms with Gasteiger partial charge in [0.05, 0.1) is 13.0 Å². The SMILES string of the molecule is COC(=O)[C@@H]1CCC[C@@H]1Oc1ncc(C(F)(F)CF)cc1Cl. The van der Waals surface area contributed by atoms with Gasteiger partial charge in [-0.25, -0.2) is 9.37 Å². The fourth-order valence-corrected chi connectivity index (χ4v) is 2.63.